The molecular formula is H6Al2GdSm2. The van der Waals surface area contributed by atoms with Gasteiger partial charge in [-0.25, -0.2) is 0 Å². The Balaban J connectivity index is 0. The van der Waals surface area contributed by atoms with Gasteiger partial charge in [0.15, 0.2) is 34.7 Å². The van der Waals surface area contributed by atoms with Crippen LogP contribution in [0.2, 0.25) is 0 Å². The summed E-state index contributed by atoms with van der Waals surface area (Å²) in [5.74, 6) is 0. The normalized spacial score (nSPS) is 0. The molecule has 0 saturated carbocycles. The Hall–Kier alpha value is 5.06. The van der Waals surface area contributed by atoms with Gasteiger partial charge in [0.05, 0.1) is 0 Å². The Morgan fingerprint density at radius 3 is 0.600 bits per heavy atom. The van der Waals surface area contributed by atoms with Crippen LogP contribution in [0.1, 0.15) is 0 Å². The van der Waals surface area contributed by atoms with Crippen LogP contribution in [-0.2, 0) is 0 Å². The van der Waals surface area contributed by atoms with Crippen LogP contribution < -0.4 is 0 Å². The molecule has 0 nitrogen and oxygen atoms in total. The molecule has 0 heterocycles. The zero-order chi connectivity index (χ0) is 0. The third-order valence-electron chi connectivity index (χ3n) is 0. The van der Waals surface area contributed by atoms with Gasteiger partial charge in [-0.15, -0.1) is 0 Å². The van der Waals surface area contributed by atoms with Crippen LogP contribution in [0.25, 0.3) is 0 Å². The first-order chi connectivity index (χ1) is 0. The molecule has 0 aliphatic heterocycles. The van der Waals surface area contributed by atoms with Crippen molar-refractivity contribution in [3.05, 3.63) is 0 Å². The smallest absolute Gasteiger partial charge is 0 e. The van der Waals surface area contributed by atoms with E-state index in [-0.39, 0.29) is 155 Å². The second-order valence-corrected chi connectivity index (χ2v) is 0. The summed E-state index contributed by atoms with van der Waals surface area (Å²) in [6, 6.07) is 0. The minimum Gasteiger partial charge on any atom is 0 e. The summed E-state index contributed by atoms with van der Waals surface area (Å²) in [7, 11) is 0. The van der Waals surface area contributed by atoms with Gasteiger partial charge in [0.25, 0.3) is 0 Å². The van der Waals surface area contributed by atoms with Crippen LogP contribution in [-0.4, -0.2) is 34.7 Å². The second kappa shape index (κ2) is 23.0. The summed E-state index contributed by atoms with van der Waals surface area (Å²) in [6.07, 6.45) is 0. The zero-order valence-electron chi connectivity index (χ0n) is 1.17. The fourth-order valence-corrected chi connectivity index (χ4v) is 0. The van der Waals surface area contributed by atoms with Gasteiger partial charge in [-0.05, 0) is 0 Å². The van der Waals surface area contributed by atoms with Gasteiger partial charge in [-0.2, -0.15) is 0 Å². The molecule has 0 fully saturated rings. The molecule has 0 saturated heterocycles. The first-order valence-corrected chi connectivity index (χ1v) is 0. The Morgan fingerprint density at radius 2 is 0.600 bits per heavy atom. The number of hydrogen-bond acceptors (Lipinski definition) is 0. The molecule has 0 aromatic rings. The first kappa shape index (κ1) is 32.2. The maximum Gasteiger partial charge on any atom is 0.187 e. The van der Waals surface area contributed by atoms with E-state index in [0.29, 0.717) is 0 Å². The van der Waals surface area contributed by atoms with Crippen molar-refractivity contribution in [3.63, 3.8) is 0 Å². The van der Waals surface area contributed by atoms with Gasteiger partial charge in [0.2, 0.25) is 0 Å². The van der Waals surface area contributed by atoms with Crippen molar-refractivity contribution in [2.75, 3.05) is 0 Å². The summed E-state index contributed by atoms with van der Waals surface area (Å²) < 4.78 is 0. The monoisotopic (exact) mass is 522 g/mol. The van der Waals surface area contributed by atoms with Gasteiger partial charge < -0.3 is 0 Å². The molecule has 0 N–H and O–H groups in total. The summed E-state index contributed by atoms with van der Waals surface area (Å²) in [5, 5.41) is 0. The Labute approximate surface area is 151 Å². The second-order valence-electron chi connectivity index (χ2n) is 0. The minimum atomic E-state index is 0. The van der Waals surface area contributed by atoms with E-state index >= 15 is 0 Å². The minimum absolute atomic E-state index is 0. The van der Waals surface area contributed by atoms with Gasteiger partial charge in [0.1, 0.15) is 0 Å². The SMILES string of the molecule is [AlH3].[AlH3].[Gd].[Sm].[Sm]. The maximum absolute atomic E-state index is 0. The topological polar surface area (TPSA) is 0 Å². The predicted molar refractivity (Wildman–Crippen MR) is 19.9 cm³/mol. The Bertz CT molecular complexity index is 7.61. The summed E-state index contributed by atoms with van der Waals surface area (Å²) in [4.78, 5) is 0. The molecule has 0 amide bonds. The van der Waals surface area contributed by atoms with Gasteiger partial charge in [-0.3, -0.25) is 0 Å². The molecule has 0 aromatic carbocycles. The van der Waals surface area contributed by atoms with Crippen LogP contribution in [0.5, 0.6) is 0 Å². The van der Waals surface area contributed by atoms with Crippen molar-refractivity contribution in [1.29, 1.82) is 0 Å². The fraction of sp³-hybridized carbons (Fsp3) is 0. The molecule has 5 heteroatoms. The molecule has 0 bridgehead atoms. The van der Waals surface area contributed by atoms with Crippen LogP contribution >= 0.6 is 0 Å². The quantitative estimate of drug-likeness (QED) is 0.315. The molecule has 0 atom stereocenters. The summed E-state index contributed by atoms with van der Waals surface area (Å²) >= 11 is 0. The van der Waals surface area contributed by atoms with Crippen molar-refractivity contribution in [1.82, 2.24) is 0 Å². The van der Waals surface area contributed by atoms with E-state index in [1.54, 1.807) is 0 Å². The molecule has 0 unspecified atom stereocenters. The molecule has 0 aliphatic rings. The van der Waals surface area contributed by atoms with Gasteiger partial charge >= 0.3 is 0 Å². The van der Waals surface area contributed by atoms with E-state index in [4.69, 9.17) is 0 Å². The number of hydrogen-bond donors (Lipinski definition) is 0. The van der Waals surface area contributed by atoms with Crippen molar-refractivity contribution < 1.29 is 121 Å². The number of rotatable bonds is 0. The van der Waals surface area contributed by atoms with Crippen LogP contribution in [0.4, 0.5) is 0 Å². The Kier molecular flexibility index (Phi) is 148. The molecule has 0 aromatic heterocycles. The predicted octanol–water partition coefficient (Wildman–Crippen LogP) is -2.37. The third-order valence-corrected chi connectivity index (χ3v) is 0. The van der Waals surface area contributed by atoms with E-state index in [0.717, 1.165) is 0 Å². The third kappa shape index (κ3) is 17.6. The molecule has 5 heavy (non-hydrogen) atoms. The van der Waals surface area contributed by atoms with E-state index in [2.05, 4.69) is 0 Å². The molecular weight excluding hydrogens is 512 g/mol. The first-order valence-electron chi connectivity index (χ1n) is 0. The van der Waals surface area contributed by atoms with E-state index in [1.807, 2.05) is 0 Å². The Morgan fingerprint density at radius 1 is 0.600 bits per heavy atom. The van der Waals surface area contributed by atoms with E-state index in [1.165, 1.54) is 0 Å². The molecule has 0 rings (SSSR count). The average Bonchev–Trinajstić information content (AvgIpc) is 0. The van der Waals surface area contributed by atoms with E-state index in [9.17, 15) is 0 Å². The van der Waals surface area contributed by atoms with Crippen LogP contribution in [0, 0.1) is 121 Å². The fourth-order valence-electron chi connectivity index (χ4n) is 0. The zero-order valence-corrected chi connectivity index (χ0v) is 8.68. The van der Waals surface area contributed by atoms with Crippen molar-refractivity contribution >= 4 is 34.7 Å². The largest absolute Gasteiger partial charge is 0.187 e. The van der Waals surface area contributed by atoms with Gasteiger partial charge in [-0.1, -0.05) is 0 Å². The van der Waals surface area contributed by atoms with Crippen LogP contribution in [0.3, 0.4) is 0 Å². The standard InChI is InChI=1S/2Al.Gd.2Sm.6H. The van der Waals surface area contributed by atoms with Crippen LogP contribution in [0.15, 0.2) is 0 Å². The summed E-state index contributed by atoms with van der Waals surface area (Å²) in [6.45, 7) is 0. The van der Waals surface area contributed by atoms with Crippen molar-refractivity contribution in [3.8, 4) is 0 Å². The van der Waals surface area contributed by atoms with E-state index < -0.39 is 0 Å². The van der Waals surface area contributed by atoms with Gasteiger partial charge in [0, 0.05) is 121 Å². The maximum atomic E-state index is 0. The molecule has 0 radical (unpaired) electrons. The summed E-state index contributed by atoms with van der Waals surface area (Å²) in [5.41, 5.74) is 0. The van der Waals surface area contributed by atoms with Crippen molar-refractivity contribution in [2.45, 2.75) is 0 Å². The average molecular weight is 518 g/mol. The molecule has 0 spiro atoms. The molecule has 0 aliphatic carbocycles. The van der Waals surface area contributed by atoms with Crippen molar-refractivity contribution in [2.24, 2.45) is 0 Å². The molecule has 32 valence electrons.